The molecule has 0 bridgehead atoms. The van der Waals surface area contributed by atoms with Crippen LogP contribution in [0.4, 0.5) is 0 Å². The second-order valence-corrected chi connectivity index (χ2v) is 5.40. The van der Waals surface area contributed by atoms with E-state index in [1.165, 1.54) is 6.92 Å². The molecule has 0 spiro atoms. The van der Waals surface area contributed by atoms with Gasteiger partial charge in [-0.15, -0.1) is 0 Å². The van der Waals surface area contributed by atoms with Gasteiger partial charge in [-0.2, -0.15) is 0 Å². The molecular formula is C13H24O5. The first-order valence-electron chi connectivity index (χ1n) is 6.51. The summed E-state index contributed by atoms with van der Waals surface area (Å²) in [6.45, 7) is 8.76. The predicted molar refractivity (Wildman–Crippen MR) is 65.4 cm³/mol. The largest absolute Gasteiger partial charge is 0.432 e. The number of unbranched alkanes of at least 4 members (excludes halogenated alkanes) is 2. The molecule has 0 aliphatic carbocycles. The van der Waals surface area contributed by atoms with Crippen LogP contribution in [0.5, 0.6) is 0 Å². The average molecular weight is 260 g/mol. The minimum atomic E-state index is -0.912. The molecule has 1 aliphatic heterocycles. The van der Waals surface area contributed by atoms with Crippen molar-refractivity contribution in [1.29, 1.82) is 0 Å². The van der Waals surface area contributed by atoms with Gasteiger partial charge in [-0.1, -0.05) is 26.2 Å². The quantitative estimate of drug-likeness (QED) is 0.432. The summed E-state index contributed by atoms with van der Waals surface area (Å²) in [7, 11) is 0. The van der Waals surface area contributed by atoms with Crippen LogP contribution in [0.15, 0.2) is 0 Å². The molecule has 0 radical (unpaired) electrons. The van der Waals surface area contributed by atoms with Crippen LogP contribution in [-0.4, -0.2) is 23.6 Å². The molecule has 1 saturated heterocycles. The van der Waals surface area contributed by atoms with Crippen LogP contribution >= 0.6 is 0 Å². The second-order valence-electron chi connectivity index (χ2n) is 5.40. The number of carbonyl (C=O) groups excluding carboxylic acids is 1. The highest BCUT2D eigenvalue weighted by molar-refractivity contribution is 5.66. The second kappa shape index (κ2) is 5.99. The first kappa shape index (κ1) is 15.4. The summed E-state index contributed by atoms with van der Waals surface area (Å²) in [5.41, 5.74) is -0.754. The first-order chi connectivity index (χ1) is 8.29. The van der Waals surface area contributed by atoms with E-state index in [-0.39, 0.29) is 5.97 Å². The molecule has 1 fully saturated rings. The highest BCUT2D eigenvalue weighted by Gasteiger charge is 2.48. The zero-order valence-electron chi connectivity index (χ0n) is 11.9. The van der Waals surface area contributed by atoms with Crippen molar-refractivity contribution in [1.82, 2.24) is 0 Å². The van der Waals surface area contributed by atoms with Gasteiger partial charge < -0.3 is 9.47 Å². The maximum atomic E-state index is 11.1. The predicted octanol–water partition coefficient (Wildman–Crippen LogP) is 2.93. The van der Waals surface area contributed by atoms with Gasteiger partial charge in [0.05, 0.1) is 0 Å². The fraction of sp³-hybridized carbons (Fsp3) is 0.923. The standard InChI is InChI=1S/C13H24O5/c1-6-7-8-9-13(5)11(15-10(2)14)16-12(3,4)17-18-13/h11H,6-9H2,1-5H3/t11?,13-/m1/s1. The number of carbonyl (C=O) groups is 1. The Kier molecular flexibility index (Phi) is 5.13. The topological polar surface area (TPSA) is 54.0 Å². The smallest absolute Gasteiger partial charge is 0.305 e. The Balaban J connectivity index is 2.69. The Labute approximate surface area is 109 Å². The molecule has 0 aromatic heterocycles. The van der Waals surface area contributed by atoms with E-state index < -0.39 is 17.7 Å². The molecular weight excluding hydrogens is 236 g/mol. The van der Waals surface area contributed by atoms with Crippen molar-refractivity contribution in [2.45, 2.75) is 78.0 Å². The number of esters is 1. The Morgan fingerprint density at radius 1 is 1.22 bits per heavy atom. The van der Waals surface area contributed by atoms with Gasteiger partial charge in [-0.3, -0.25) is 4.79 Å². The van der Waals surface area contributed by atoms with E-state index >= 15 is 0 Å². The Morgan fingerprint density at radius 2 is 1.89 bits per heavy atom. The summed E-state index contributed by atoms with van der Waals surface area (Å²) < 4.78 is 10.8. The van der Waals surface area contributed by atoms with Crippen LogP contribution in [0.3, 0.4) is 0 Å². The van der Waals surface area contributed by atoms with E-state index in [4.69, 9.17) is 19.2 Å². The van der Waals surface area contributed by atoms with E-state index in [1.807, 2.05) is 6.92 Å². The third kappa shape index (κ3) is 4.23. The Morgan fingerprint density at radius 3 is 2.44 bits per heavy atom. The maximum Gasteiger partial charge on any atom is 0.305 e. The fourth-order valence-electron chi connectivity index (χ4n) is 1.82. The molecule has 0 amide bonds. The third-order valence-electron chi connectivity index (χ3n) is 2.87. The number of ether oxygens (including phenoxy) is 2. The van der Waals surface area contributed by atoms with E-state index in [0.29, 0.717) is 0 Å². The molecule has 0 aromatic rings. The van der Waals surface area contributed by atoms with Gasteiger partial charge in [0.1, 0.15) is 0 Å². The highest BCUT2D eigenvalue weighted by atomic mass is 17.3. The first-order valence-corrected chi connectivity index (χ1v) is 6.51. The van der Waals surface area contributed by atoms with Gasteiger partial charge in [0, 0.05) is 6.92 Å². The van der Waals surface area contributed by atoms with Gasteiger partial charge >= 0.3 is 5.97 Å². The molecule has 1 unspecified atom stereocenters. The highest BCUT2D eigenvalue weighted by Crippen LogP contribution is 2.36. The van der Waals surface area contributed by atoms with Crippen LogP contribution < -0.4 is 0 Å². The molecule has 5 nitrogen and oxygen atoms in total. The van der Waals surface area contributed by atoms with E-state index in [1.54, 1.807) is 13.8 Å². The van der Waals surface area contributed by atoms with Gasteiger partial charge in [0.15, 0.2) is 11.4 Å². The maximum absolute atomic E-state index is 11.1. The van der Waals surface area contributed by atoms with E-state index in [2.05, 4.69) is 6.92 Å². The molecule has 1 aliphatic rings. The average Bonchev–Trinajstić information content (AvgIpc) is 2.24. The van der Waals surface area contributed by atoms with Crippen molar-refractivity contribution in [3.8, 4) is 0 Å². The molecule has 2 atom stereocenters. The summed E-state index contributed by atoms with van der Waals surface area (Å²) >= 11 is 0. The molecule has 1 rings (SSSR count). The molecule has 1 heterocycles. The zero-order valence-corrected chi connectivity index (χ0v) is 11.9. The lowest BCUT2D eigenvalue weighted by Gasteiger charge is -2.44. The van der Waals surface area contributed by atoms with Crippen LogP contribution in [0.2, 0.25) is 0 Å². The van der Waals surface area contributed by atoms with Gasteiger partial charge in [-0.25, -0.2) is 9.78 Å². The van der Waals surface area contributed by atoms with Crippen molar-refractivity contribution in [3.63, 3.8) is 0 Å². The van der Waals surface area contributed by atoms with Crippen molar-refractivity contribution in [2.75, 3.05) is 0 Å². The Hall–Kier alpha value is -0.650. The molecule has 0 N–H and O–H groups in total. The fourth-order valence-corrected chi connectivity index (χ4v) is 1.82. The van der Waals surface area contributed by atoms with Gasteiger partial charge in [0.2, 0.25) is 6.29 Å². The number of rotatable bonds is 5. The van der Waals surface area contributed by atoms with Crippen LogP contribution in [0, 0.1) is 0 Å². The number of hydrogen-bond acceptors (Lipinski definition) is 5. The minimum absolute atomic E-state index is 0.386. The monoisotopic (exact) mass is 260 g/mol. The summed E-state index contributed by atoms with van der Waals surface area (Å²) in [6.07, 6.45) is 3.15. The minimum Gasteiger partial charge on any atom is -0.432 e. The molecule has 0 aromatic carbocycles. The molecule has 106 valence electrons. The van der Waals surface area contributed by atoms with Crippen molar-refractivity contribution in [2.24, 2.45) is 0 Å². The summed E-state index contributed by atoms with van der Waals surface area (Å²) in [6, 6.07) is 0. The molecule has 18 heavy (non-hydrogen) atoms. The lowest BCUT2D eigenvalue weighted by Crippen LogP contribution is -2.56. The summed E-state index contributed by atoms with van der Waals surface area (Å²) in [5, 5.41) is 0. The lowest BCUT2D eigenvalue weighted by atomic mass is 9.97. The normalized spacial score (nSPS) is 31.1. The van der Waals surface area contributed by atoms with E-state index in [0.717, 1.165) is 25.7 Å². The van der Waals surface area contributed by atoms with Crippen molar-refractivity contribution >= 4 is 5.97 Å². The zero-order chi connectivity index (χ0) is 13.8. The third-order valence-corrected chi connectivity index (χ3v) is 2.87. The van der Waals surface area contributed by atoms with Crippen LogP contribution in [0.1, 0.15) is 60.3 Å². The van der Waals surface area contributed by atoms with Crippen LogP contribution in [0.25, 0.3) is 0 Å². The van der Waals surface area contributed by atoms with Crippen molar-refractivity contribution in [3.05, 3.63) is 0 Å². The van der Waals surface area contributed by atoms with Crippen LogP contribution in [-0.2, 0) is 24.0 Å². The summed E-state index contributed by atoms with van der Waals surface area (Å²) in [4.78, 5) is 21.8. The summed E-state index contributed by atoms with van der Waals surface area (Å²) in [5.74, 6) is -1.30. The SMILES string of the molecule is CCCCC[C@@]1(C)OOC(C)(C)OC1OC(C)=O. The molecule has 0 saturated carbocycles. The van der Waals surface area contributed by atoms with Gasteiger partial charge in [-0.05, 0) is 27.2 Å². The lowest BCUT2D eigenvalue weighted by molar-refractivity contribution is -0.539. The van der Waals surface area contributed by atoms with E-state index in [9.17, 15) is 4.79 Å². The molecule has 5 heteroatoms. The Bertz CT molecular complexity index is 289. The van der Waals surface area contributed by atoms with Gasteiger partial charge in [0.25, 0.3) is 0 Å². The van der Waals surface area contributed by atoms with Crippen molar-refractivity contribution < 1.29 is 24.0 Å². The number of hydrogen-bond donors (Lipinski definition) is 0.